The van der Waals surface area contributed by atoms with Crippen molar-refractivity contribution in [2.75, 3.05) is 26.2 Å². The summed E-state index contributed by atoms with van der Waals surface area (Å²) >= 11 is 0. The van der Waals surface area contributed by atoms with Gasteiger partial charge >= 0.3 is 0 Å². The number of fused-ring (bicyclic) bond motifs is 1. The Morgan fingerprint density at radius 1 is 1.25 bits per heavy atom. The number of nitrogens with zero attached hydrogens (tertiary/aromatic N) is 3. The molecule has 0 aliphatic carbocycles. The van der Waals surface area contributed by atoms with Gasteiger partial charge in [-0.1, -0.05) is 19.9 Å². The second-order valence-corrected chi connectivity index (χ2v) is 5.91. The fourth-order valence-corrected chi connectivity index (χ4v) is 2.96. The SMILES string of the molecule is CC(C)c1nc2ccccn2c1CN1CCCNCC1. The molecule has 3 heterocycles. The Hall–Kier alpha value is -1.39. The molecule has 20 heavy (non-hydrogen) atoms. The first-order valence-corrected chi connectivity index (χ1v) is 7.64. The lowest BCUT2D eigenvalue weighted by Gasteiger charge is -2.20. The Bertz CT molecular complexity index is 565. The van der Waals surface area contributed by atoms with Crippen LogP contribution in [0.15, 0.2) is 24.4 Å². The van der Waals surface area contributed by atoms with Crippen LogP contribution in [0.4, 0.5) is 0 Å². The van der Waals surface area contributed by atoms with Crippen molar-refractivity contribution in [3.05, 3.63) is 35.8 Å². The van der Waals surface area contributed by atoms with E-state index in [-0.39, 0.29) is 0 Å². The number of pyridine rings is 1. The summed E-state index contributed by atoms with van der Waals surface area (Å²) in [4.78, 5) is 7.37. The number of aromatic nitrogens is 2. The molecule has 4 nitrogen and oxygen atoms in total. The van der Waals surface area contributed by atoms with Crippen LogP contribution in [-0.4, -0.2) is 40.5 Å². The molecule has 0 amide bonds. The molecule has 0 bridgehead atoms. The summed E-state index contributed by atoms with van der Waals surface area (Å²) < 4.78 is 2.26. The van der Waals surface area contributed by atoms with Gasteiger partial charge in [0.2, 0.25) is 0 Å². The van der Waals surface area contributed by atoms with Crippen molar-refractivity contribution in [1.82, 2.24) is 19.6 Å². The first kappa shape index (κ1) is 13.6. The van der Waals surface area contributed by atoms with Gasteiger partial charge in [0, 0.05) is 25.8 Å². The normalized spacial score (nSPS) is 17.8. The number of imidazole rings is 1. The van der Waals surface area contributed by atoms with Crippen LogP contribution >= 0.6 is 0 Å². The molecule has 0 radical (unpaired) electrons. The quantitative estimate of drug-likeness (QED) is 0.930. The molecule has 1 aliphatic rings. The van der Waals surface area contributed by atoms with Crippen molar-refractivity contribution in [3.63, 3.8) is 0 Å². The molecule has 3 rings (SSSR count). The minimum Gasteiger partial charge on any atom is -0.315 e. The number of hydrogen-bond acceptors (Lipinski definition) is 3. The molecule has 0 aromatic carbocycles. The first-order chi connectivity index (χ1) is 9.75. The van der Waals surface area contributed by atoms with E-state index in [1.54, 1.807) is 0 Å². The van der Waals surface area contributed by atoms with Crippen LogP contribution in [-0.2, 0) is 6.54 Å². The lowest BCUT2D eigenvalue weighted by molar-refractivity contribution is 0.279. The Morgan fingerprint density at radius 2 is 2.15 bits per heavy atom. The third kappa shape index (κ3) is 2.72. The number of hydrogen-bond donors (Lipinski definition) is 1. The van der Waals surface area contributed by atoms with E-state index in [1.807, 2.05) is 0 Å². The largest absolute Gasteiger partial charge is 0.315 e. The van der Waals surface area contributed by atoms with Crippen molar-refractivity contribution in [3.8, 4) is 0 Å². The van der Waals surface area contributed by atoms with Gasteiger partial charge < -0.3 is 9.72 Å². The van der Waals surface area contributed by atoms with E-state index in [0.29, 0.717) is 5.92 Å². The first-order valence-electron chi connectivity index (χ1n) is 7.64. The summed E-state index contributed by atoms with van der Waals surface area (Å²) in [6, 6.07) is 6.25. The third-order valence-corrected chi connectivity index (χ3v) is 4.01. The fourth-order valence-electron chi connectivity index (χ4n) is 2.96. The standard InChI is InChI=1S/C16H24N4/c1-13(2)16-14(12-19-9-5-7-17-8-11-19)20-10-4-3-6-15(20)18-16/h3-4,6,10,13,17H,5,7-9,11-12H2,1-2H3. The van der Waals surface area contributed by atoms with Gasteiger partial charge in [0.25, 0.3) is 0 Å². The molecule has 2 aromatic rings. The van der Waals surface area contributed by atoms with Crippen molar-refractivity contribution < 1.29 is 0 Å². The van der Waals surface area contributed by atoms with E-state index in [1.165, 1.54) is 24.4 Å². The molecule has 1 fully saturated rings. The van der Waals surface area contributed by atoms with Crippen LogP contribution in [0.1, 0.15) is 37.6 Å². The molecule has 0 spiro atoms. The maximum absolute atomic E-state index is 4.82. The molecule has 108 valence electrons. The molecule has 0 atom stereocenters. The Labute approximate surface area is 120 Å². The molecular formula is C16H24N4. The molecule has 1 saturated heterocycles. The van der Waals surface area contributed by atoms with Crippen LogP contribution in [0.25, 0.3) is 5.65 Å². The van der Waals surface area contributed by atoms with Crippen molar-refractivity contribution >= 4 is 5.65 Å². The van der Waals surface area contributed by atoms with Crippen LogP contribution in [0.5, 0.6) is 0 Å². The maximum atomic E-state index is 4.82. The van der Waals surface area contributed by atoms with E-state index >= 15 is 0 Å². The Morgan fingerprint density at radius 3 is 3.00 bits per heavy atom. The van der Waals surface area contributed by atoms with Crippen LogP contribution in [0.3, 0.4) is 0 Å². The minimum atomic E-state index is 0.468. The van der Waals surface area contributed by atoms with E-state index in [9.17, 15) is 0 Å². The van der Waals surface area contributed by atoms with Crippen molar-refractivity contribution in [1.29, 1.82) is 0 Å². The van der Waals surface area contributed by atoms with E-state index < -0.39 is 0 Å². The second kappa shape index (κ2) is 5.94. The molecule has 2 aromatic heterocycles. The lowest BCUT2D eigenvalue weighted by Crippen LogP contribution is -2.28. The molecular weight excluding hydrogens is 248 g/mol. The van der Waals surface area contributed by atoms with Gasteiger partial charge in [-0.05, 0) is 37.6 Å². The fraction of sp³-hybridized carbons (Fsp3) is 0.562. The van der Waals surface area contributed by atoms with E-state index in [4.69, 9.17) is 4.98 Å². The van der Waals surface area contributed by atoms with Crippen LogP contribution in [0, 0.1) is 0 Å². The van der Waals surface area contributed by atoms with Crippen molar-refractivity contribution in [2.24, 2.45) is 0 Å². The van der Waals surface area contributed by atoms with E-state index in [2.05, 4.69) is 52.9 Å². The third-order valence-electron chi connectivity index (χ3n) is 4.01. The predicted molar refractivity (Wildman–Crippen MR) is 82.0 cm³/mol. The topological polar surface area (TPSA) is 32.6 Å². The smallest absolute Gasteiger partial charge is 0.137 e. The van der Waals surface area contributed by atoms with Gasteiger partial charge in [-0.15, -0.1) is 0 Å². The van der Waals surface area contributed by atoms with Gasteiger partial charge in [-0.25, -0.2) is 4.98 Å². The highest BCUT2D eigenvalue weighted by atomic mass is 15.2. The molecule has 1 N–H and O–H groups in total. The summed E-state index contributed by atoms with van der Waals surface area (Å²) in [5.41, 5.74) is 3.67. The van der Waals surface area contributed by atoms with E-state index in [0.717, 1.165) is 31.8 Å². The summed E-state index contributed by atoms with van der Waals surface area (Å²) in [6.45, 7) is 9.99. The molecule has 0 unspecified atom stereocenters. The Kier molecular flexibility index (Phi) is 4.03. The average molecular weight is 272 g/mol. The van der Waals surface area contributed by atoms with Gasteiger partial charge in [-0.3, -0.25) is 4.90 Å². The van der Waals surface area contributed by atoms with Crippen molar-refractivity contribution in [2.45, 2.75) is 32.7 Å². The van der Waals surface area contributed by atoms with Crippen LogP contribution < -0.4 is 5.32 Å². The average Bonchev–Trinajstić information content (AvgIpc) is 2.62. The van der Waals surface area contributed by atoms with Gasteiger partial charge in [0.15, 0.2) is 0 Å². The zero-order valence-electron chi connectivity index (χ0n) is 12.5. The summed E-state index contributed by atoms with van der Waals surface area (Å²) in [7, 11) is 0. The lowest BCUT2D eigenvalue weighted by atomic mass is 10.1. The summed E-state index contributed by atoms with van der Waals surface area (Å²) in [5.74, 6) is 0.468. The van der Waals surface area contributed by atoms with Gasteiger partial charge in [-0.2, -0.15) is 0 Å². The summed E-state index contributed by atoms with van der Waals surface area (Å²) in [5, 5.41) is 3.47. The maximum Gasteiger partial charge on any atom is 0.137 e. The monoisotopic (exact) mass is 272 g/mol. The minimum absolute atomic E-state index is 0.468. The van der Waals surface area contributed by atoms with Gasteiger partial charge in [0.1, 0.15) is 5.65 Å². The highest BCUT2D eigenvalue weighted by molar-refractivity contribution is 5.43. The zero-order chi connectivity index (χ0) is 13.9. The highest BCUT2D eigenvalue weighted by Gasteiger charge is 2.18. The molecule has 0 saturated carbocycles. The number of nitrogens with one attached hydrogen (secondary N) is 1. The predicted octanol–water partition coefficient (Wildman–Crippen LogP) is 2.25. The van der Waals surface area contributed by atoms with Gasteiger partial charge in [0.05, 0.1) is 11.4 Å². The highest BCUT2D eigenvalue weighted by Crippen LogP contribution is 2.22. The molecule has 1 aliphatic heterocycles. The van der Waals surface area contributed by atoms with Crippen LogP contribution in [0.2, 0.25) is 0 Å². The second-order valence-electron chi connectivity index (χ2n) is 5.91. The Balaban J connectivity index is 1.93. The number of rotatable bonds is 3. The molecule has 4 heteroatoms. The summed E-state index contributed by atoms with van der Waals surface area (Å²) in [6.07, 6.45) is 3.37. The zero-order valence-corrected chi connectivity index (χ0v) is 12.5.